The highest BCUT2D eigenvalue weighted by molar-refractivity contribution is 6.29. The molecule has 0 aromatic carbocycles. The van der Waals surface area contributed by atoms with Crippen LogP contribution in [0.25, 0.3) is 0 Å². The highest BCUT2D eigenvalue weighted by Gasteiger charge is 2.23. The Bertz CT molecular complexity index is 323. The first-order valence-corrected chi connectivity index (χ1v) is 6.55. The largest absolute Gasteiger partial charge is 0.381 e. The molecule has 0 saturated heterocycles. The third-order valence-electron chi connectivity index (χ3n) is 3.51. The second kappa shape index (κ2) is 5.53. The fraction of sp³-hybridized carbons (Fsp3) is 0.615. The minimum Gasteiger partial charge on any atom is -0.381 e. The number of anilines is 1. The number of nitrogens with one attached hydrogen (secondary N) is 1. The maximum Gasteiger partial charge on any atom is 0.129 e. The first-order chi connectivity index (χ1) is 7.79. The van der Waals surface area contributed by atoms with E-state index in [1.807, 2.05) is 18.3 Å². The normalized spacial score (nSPS) is 25.4. The number of aromatic nitrogens is 1. The van der Waals surface area contributed by atoms with Crippen molar-refractivity contribution < 1.29 is 0 Å². The third-order valence-corrected chi connectivity index (χ3v) is 3.74. The van der Waals surface area contributed by atoms with Crippen LogP contribution in [0.5, 0.6) is 0 Å². The monoisotopic (exact) mass is 238 g/mol. The van der Waals surface area contributed by atoms with E-state index in [2.05, 4.69) is 17.2 Å². The maximum atomic E-state index is 5.77. The number of halogens is 1. The summed E-state index contributed by atoms with van der Waals surface area (Å²) in [6.45, 7) is 2.28. The molecule has 16 heavy (non-hydrogen) atoms. The highest BCUT2D eigenvalue weighted by Crippen LogP contribution is 2.29. The number of hydrogen-bond acceptors (Lipinski definition) is 2. The first kappa shape index (κ1) is 11.7. The highest BCUT2D eigenvalue weighted by atomic mass is 35.5. The van der Waals surface area contributed by atoms with Crippen molar-refractivity contribution >= 4 is 17.3 Å². The molecule has 0 radical (unpaired) electrons. The van der Waals surface area contributed by atoms with Crippen molar-refractivity contribution in [3.63, 3.8) is 0 Å². The van der Waals surface area contributed by atoms with Crippen molar-refractivity contribution in [2.45, 2.75) is 45.1 Å². The summed E-state index contributed by atoms with van der Waals surface area (Å²) in [7, 11) is 0. The zero-order valence-electron chi connectivity index (χ0n) is 9.75. The van der Waals surface area contributed by atoms with E-state index in [0.29, 0.717) is 11.2 Å². The SMILES string of the molecule is CCC1CCCCC1Nc1ccc(Cl)nc1. The Morgan fingerprint density at radius 3 is 2.88 bits per heavy atom. The van der Waals surface area contributed by atoms with Crippen LogP contribution in [0.15, 0.2) is 18.3 Å². The summed E-state index contributed by atoms with van der Waals surface area (Å²) in [5, 5.41) is 4.14. The average molecular weight is 239 g/mol. The summed E-state index contributed by atoms with van der Waals surface area (Å²) >= 11 is 5.77. The van der Waals surface area contributed by atoms with Gasteiger partial charge in [0.05, 0.1) is 11.9 Å². The molecule has 2 nitrogen and oxygen atoms in total. The molecule has 0 bridgehead atoms. The first-order valence-electron chi connectivity index (χ1n) is 6.17. The molecule has 1 aromatic heterocycles. The molecule has 1 heterocycles. The fourth-order valence-corrected chi connectivity index (χ4v) is 2.67. The van der Waals surface area contributed by atoms with Gasteiger partial charge in [-0.25, -0.2) is 4.98 Å². The molecule has 2 unspecified atom stereocenters. The summed E-state index contributed by atoms with van der Waals surface area (Å²) in [6.07, 6.45) is 8.45. The van der Waals surface area contributed by atoms with E-state index in [4.69, 9.17) is 11.6 Å². The van der Waals surface area contributed by atoms with Gasteiger partial charge in [0.1, 0.15) is 5.15 Å². The van der Waals surface area contributed by atoms with Crippen molar-refractivity contribution in [3.8, 4) is 0 Å². The second-order valence-electron chi connectivity index (χ2n) is 4.57. The van der Waals surface area contributed by atoms with Gasteiger partial charge in [-0.1, -0.05) is 37.8 Å². The van der Waals surface area contributed by atoms with Gasteiger partial charge in [-0.05, 0) is 30.9 Å². The van der Waals surface area contributed by atoms with Gasteiger partial charge in [0.15, 0.2) is 0 Å². The van der Waals surface area contributed by atoms with Gasteiger partial charge in [0.25, 0.3) is 0 Å². The summed E-state index contributed by atoms with van der Waals surface area (Å²) < 4.78 is 0. The Labute approximate surface area is 102 Å². The van der Waals surface area contributed by atoms with Gasteiger partial charge in [0, 0.05) is 6.04 Å². The lowest BCUT2D eigenvalue weighted by atomic mass is 9.83. The Balaban J connectivity index is 1.99. The van der Waals surface area contributed by atoms with Crippen LogP contribution < -0.4 is 5.32 Å². The number of rotatable bonds is 3. The molecule has 1 saturated carbocycles. The zero-order valence-corrected chi connectivity index (χ0v) is 10.5. The van der Waals surface area contributed by atoms with Crippen LogP contribution in [-0.2, 0) is 0 Å². The lowest BCUT2D eigenvalue weighted by Crippen LogP contribution is -2.31. The lowest BCUT2D eigenvalue weighted by molar-refractivity contribution is 0.317. The molecule has 2 atom stereocenters. The van der Waals surface area contributed by atoms with Gasteiger partial charge in [-0.3, -0.25) is 0 Å². The molecule has 2 rings (SSSR count). The Kier molecular flexibility index (Phi) is 4.05. The molecule has 3 heteroatoms. The number of nitrogens with zero attached hydrogens (tertiary/aromatic N) is 1. The van der Waals surface area contributed by atoms with Crippen molar-refractivity contribution in [2.24, 2.45) is 5.92 Å². The van der Waals surface area contributed by atoms with Crippen LogP contribution in [0.2, 0.25) is 5.15 Å². The molecular formula is C13H19ClN2. The van der Waals surface area contributed by atoms with Gasteiger partial charge in [-0.2, -0.15) is 0 Å². The van der Waals surface area contributed by atoms with Crippen LogP contribution in [0, 0.1) is 5.92 Å². The molecule has 1 aromatic rings. The summed E-state index contributed by atoms with van der Waals surface area (Å²) in [4.78, 5) is 4.10. The lowest BCUT2D eigenvalue weighted by Gasteiger charge is -2.32. The molecule has 0 aliphatic heterocycles. The minimum absolute atomic E-state index is 0.557. The van der Waals surface area contributed by atoms with Gasteiger partial charge < -0.3 is 5.32 Å². The Morgan fingerprint density at radius 2 is 2.19 bits per heavy atom. The predicted octanol–water partition coefficient (Wildman–Crippen LogP) is 4.12. The minimum atomic E-state index is 0.557. The van der Waals surface area contributed by atoms with Gasteiger partial charge >= 0.3 is 0 Å². The van der Waals surface area contributed by atoms with E-state index >= 15 is 0 Å². The van der Waals surface area contributed by atoms with E-state index in [-0.39, 0.29) is 0 Å². The van der Waals surface area contributed by atoms with Crippen molar-refractivity contribution in [1.29, 1.82) is 0 Å². The van der Waals surface area contributed by atoms with Gasteiger partial charge in [-0.15, -0.1) is 0 Å². The van der Waals surface area contributed by atoms with Crippen molar-refractivity contribution in [3.05, 3.63) is 23.5 Å². The van der Waals surface area contributed by atoms with Crippen LogP contribution in [0.1, 0.15) is 39.0 Å². The van der Waals surface area contributed by atoms with E-state index in [0.717, 1.165) is 11.6 Å². The summed E-state index contributed by atoms with van der Waals surface area (Å²) in [5.74, 6) is 0.810. The number of pyridine rings is 1. The van der Waals surface area contributed by atoms with Crippen molar-refractivity contribution in [2.75, 3.05) is 5.32 Å². The standard InChI is InChI=1S/C13H19ClN2/c1-2-10-5-3-4-6-12(10)16-11-7-8-13(14)15-9-11/h7-10,12,16H,2-6H2,1H3. The molecule has 1 fully saturated rings. The molecule has 1 aliphatic rings. The Hall–Kier alpha value is -0.760. The van der Waals surface area contributed by atoms with Crippen LogP contribution in [-0.4, -0.2) is 11.0 Å². The predicted molar refractivity (Wildman–Crippen MR) is 68.9 cm³/mol. The number of hydrogen-bond donors (Lipinski definition) is 1. The summed E-state index contributed by atoms with van der Waals surface area (Å²) in [6, 6.07) is 4.46. The molecular weight excluding hydrogens is 220 g/mol. The van der Waals surface area contributed by atoms with Crippen molar-refractivity contribution in [1.82, 2.24) is 4.98 Å². The fourth-order valence-electron chi connectivity index (χ4n) is 2.56. The van der Waals surface area contributed by atoms with E-state index in [1.54, 1.807) is 0 Å². The topological polar surface area (TPSA) is 24.9 Å². The molecule has 1 N–H and O–H groups in total. The molecule has 1 aliphatic carbocycles. The maximum absolute atomic E-state index is 5.77. The smallest absolute Gasteiger partial charge is 0.129 e. The van der Waals surface area contributed by atoms with E-state index in [1.165, 1.54) is 32.1 Å². The average Bonchev–Trinajstić information content (AvgIpc) is 2.33. The quantitative estimate of drug-likeness (QED) is 0.802. The summed E-state index contributed by atoms with van der Waals surface area (Å²) in [5.41, 5.74) is 1.09. The van der Waals surface area contributed by atoms with Gasteiger partial charge in [0.2, 0.25) is 0 Å². The van der Waals surface area contributed by atoms with Crippen LogP contribution >= 0.6 is 11.6 Å². The van der Waals surface area contributed by atoms with E-state index < -0.39 is 0 Å². The zero-order chi connectivity index (χ0) is 11.4. The molecule has 0 amide bonds. The molecule has 88 valence electrons. The Morgan fingerprint density at radius 1 is 1.38 bits per heavy atom. The van der Waals surface area contributed by atoms with Crippen LogP contribution in [0.4, 0.5) is 5.69 Å². The van der Waals surface area contributed by atoms with E-state index in [9.17, 15) is 0 Å². The van der Waals surface area contributed by atoms with Crippen LogP contribution in [0.3, 0.4) is 0 Å². The second-order valence-corrected chi connectivity index (χ2v) is 4.96. The third kappa shape index (κ3) is 2.88. The molecule has 0 spiro atoms.